The molecule has 0 spiro atoms. The van der Waals surface area contributed by atoms with Crippen LogP contribution in [0.1, 0.15) is 36.5 Å². The van der Waals surface area contributed by atoms with Crippen molar-refractivity contribution in [2.45, 2.75) is 38.0 Å². The highest BCUT2D eigenvalue weighted by molar-refractivity contribution is 5.92. The Morgan fingerprint density at radius 3 is 2.38 bits per heavy atom. The van der Waals surface area contributed by atoms with Crippen LogP contribution in [0.15, 0.2) is 97.1 Å². The standard InChI is InChI=1S/C37H41N5O6/c43-25-39-33-22-28(12-15-34(33)44)35(45)24-38-23-26-10-13-29(14-11-26)40-36(46)18-21-42-19-16-30(17-20-42)48-37(47)41-32-9-5-4-8-31(32)27-6-2-1-3-7-27/h1-15,22,25,30,35,38,44-45H,16-21,23-24H2,(H,39,43)(H,40,46)(H,41,47). The Balaban J connectivity index is 0.976. The van der Waals surface area contributed by atoms with Gasteiger partial charge in [-0.2, -0.15) is 0 Å². The second-order valence-electron chi connectivity index (χ2n) is 11.7. The Labute approximate surface area is 279 Å². The number of phenols is 1. The third-order valence-corrected chi connectivity index (χ3v) is 8.24. The minimum Gasteiger partial charge on any atom is -0.506 e. The van der Waals surface area contributed by atoms with Crippen molar-refractivity contribution in [3.63, 3.8) is 0 Å². The van der Waals surface area contributed by atoms with E-state index in [1.807, 2.05) is 78.9 Å². The number of carbonyl (C=O) groups is 3. The number of benzene rings is 4. The van der Waals surface area contributed by atoms with E-state index >= 15 is 0 Å². The maximum atomic E-state index is 12.7. The third kappa shape index (κ3) is 9.88. The normalized spacial score (nSPS) is 14.1. The van der Waals surface area contributed by atoms with Crippen molar-refractivity contribution in [2.75, 3.05) is 42.1 Å². The summed E-state index contributed by atoms with van der Waals surface area (Å²) in [5.41, 5.74) is 5.13. The van der Waals surface area contributed by atoms with Crippen molar-refractivity contribution in [1.82, 2.24) is 10.2 Å². The van der Waals surface area contributed by atoms with E-state index in [9.17, 15) is 24.6 Å². The molecule has 1 fully saturated rings. The van der Waals surface area contributed by atoms with E-state index in [0.717, 1.165) is 29.8 Å². The summed E-state index contributed by atoms with van der Waals surface area (Å²) in [4.78, 5) is 38.2. The van der Waals surface area contributed by atoms with Gasteiger partial charge in [0.15, 0.2) is 0 Å². The molecule has 1 unspecified atom stereocenters. The number of aliphatic hydroxyl groups is 1. The molecule has 0 bridgehead atoms. The van der Waals surface area contributed by atoms with Crippen molar-refractivity contribution in [3.05, 3.63) is 108 Å². The van der Waals surface area contributed by atoms with Crippen LogP contribution in [-0.4, -0.2) is 65.8 Å². The van der Waals surface area contributed by atoms with Crippen LogP contribution < -0.4 is 21.3 Å². The zero-order chi connectivity index (χ0) is 33.7. The molecule has 0 aromatic heterocycles. The van der Waals surface area contributed by atoms with Gasteiger partial charge in [-0.3, -0.25) is 14.9 Å². The molecule has 1 heterocycles. The number of aliphatic hydroxyl groups excluding tert-OH is 1. The lowest BCUT2D eigenvalue weighted by molar-refractivity contribution is -0.116. The number of hydrogen-bond acceptors (Lipinski definition) is 8. The van der Waals surface area contributed by atoms with Gasteiger partial charge in [-0.05, 0) is 59.9 Å². The number of ether oxygens (including phenoxy) is 1. The fourth-order valence-electron chi connectivity index (χ4n) is 5.60. The highest BCUT2D eigenvalue weighted by Gasteiger charge is 2.23. The lowest BCUT2D eigenvalue weighted by Gasteiger charge is -2.31. The van der Waals surface area contributed by atoms with Crippen LogP contribution in [0.5, 0.6) is 5.75 Å². The summed E-state index contributed by atoms with van der Waals surface area (Å²) in [5, 5.41) is 31.7. The van der Waals surface area contributed by atoms with Crippen LogP contribution in [0.25, 0.3) is 11.1 Å². The lowest BCUT2D eigenvalue weighted by atomic mass is 10.0. The third-order valence-electron chi connectivity index (χ3n) is 8.24. The summed E-state index contributed by atoms with van der Waals surface area (Å²) in [6.07, 6.45) is 0.751. The number of amides is 3. The van der Waals surface area contributed by atoms with Gasteiger partial charge in [-0.25, -0.2) is 4.79 Å². The number of nitrogens with one attached hydrogen (secondary N) is 4. The first-order valence-electron chi connectivity index (χ1n) is 16.0. The number of rotatable bonds is 14. The van der Waals surface area contributed by atoms with Crippen LogP contribution in [0.3, 0.4) is 0 Å². The quantitative estimate of drug-likeness (QED) is 0.0774. The second-order valence-corrected chi connectivity index (χ2v) is 11.7. The molecule has 1 saturated heterocycles. The minimum absolute atomic E-state index is 0.0730. The van der Waals surface area contributed by atoms with Gasteiger partial charge in [0, 0.05) is 50.4 Å². The molecule has 0 saturated carbocycles. The van der Waals surface area contributed by atoms with E-state index in [1.165, 1.54) is 12.1 Å². The van der Waals surface area contributed by atoms with E-state index < -0.39 is 12.2 Å². The number of nitrogens with zero attached hydrogens (tertiary/aromatic N) is 1. The molecular formula is C37H41N5O6. The predicted molar refractivity (Wildman–Crippen MR) is 186 cm³/mol. The van der Waals surface area contributed by atoms with Crippen LogP contribution in [0.2, 0.25) is 0 Å². The van der Waals surface area contributed by atoms with Gasteiger partial charge < -0.3 is 35.8 Å². The Morgan fingerprint density at radius 1 is 0.896 bits per heavy atom. The first-order chi connectivity index (χ1) is 23.4. The second kappa shape index (κ2) is 17.1. The summed E-state index contributed by atoms with van der Waals surface area (Å²) in [7, 11) is 0. The van der Waals surface area contributed by atoms with Crippen molar-refractivity contribution in [3.8, 4) is 16.9 Å². The van der Waals surface area contributed by atoms with E-state index in [2.05, 4.69) is 26.2 Å². The Bertz CT molecular complexity index is 1660. The fraction of sp³-hybridized carbons (Fsp3) is 0.270. The van der Waals surface area contributed by atoms with Gasteiger partial charge in [0.2, 0.25) is 12.3 Å². The first-order valence-corrected chi connectivity index (χ1v) is 16.0. The lowest BCUT2D eigenvalue weighted by Crippen LogP contribution is -2.39. The van der Waals surface area contributed by atoms with Crippen molar-refractivity contribution >= 4 is 35.5 Å². The first kappa shape index (κ1) is 34.1. The average molecular weight is 652 g/mol. The zero-order valence-corrected chi connectivity index (χ0v) is 26.6. The molecule has 0 aliphatic carbocycles. The summed E-state index contributed by atoms with van der Waals surface area (Å²) >= 11 is 0. The number of piperidine rings is 1. The summed E-state index contributed by atoms with van der Waals surface area (Å²) in [6, 6.07) is 29.6. The van der Waals surface area contributed by atoms with Gasteiger partial charge in [0.25, 0.3) is 0 Å². The van der Waals surface area contributed by atoms with Gasteiger partial charge in [0.05, 0.1) is 17.5 Å². The molecule has 5 rings (SSSR count). The van der Waals surface area contributed by atoms with Gasteiger partial charge in [-0.1, -0.05) is 66.7 Å². The molecule has 1 aliphatic rings. The molecular weight excluding hydrogens is 610 g/mol. The van der Waals surface area contributed by atoms with Crippen LogP contribution in [0.4, 0.5) is 21.9 Å². The molecule has 4 aromatic carbocycles. The minimum atomic E-state index is -0.831. The molecule has 48 heavy (non-hydrogen) atoms. The SMILES string of the molecule is O=CNc1cc(C(O)CNCc2ccc(NC(=O)CCN3CCC(OC(=O)Nc4ccccc4-c4ccccc4)CC3)cc2)ccc1O. The van der Waals surface area contributed by atoms with E-state index in [0.29, 0.717) is 55.7 Å². The molecule has 3 amide bonds. The van der Waals surface area contributed by atoms with Gasteiger partial charge in [-0.15, -0.1) is 0 Å². The molecule has 11 nitrogen and oxygen atoms in total. The number of hydrogen-bond donors (Lipinski definition) is 6. The summed E-state index contributed by atoms with van der Waals surface area (Å²) < 4.78 is 5.73. The Kier molecular flexibility index (Phi) is 12.1. The summed E-state index contributed by atoms with van der Waals surface area (Å²) in [5.74, 6) is -0.148. The van der Waals surface area contributed by atoms with Crippen LogP contribution >= 0.6 is 0 Å². The smallest absolute Gasteiger partial charge is 0.411 e. The molecule has 250 valence electrons. The van der Waals surface area contributed by atoms with Crippen molar-refractivity contribution < 1.29 is 29.3 Å². The number of likely N-dealkylation sites (tertiary alicyclic amines) is 1. The van der Waals surface area contributed by atoms with Gasteiger partial charge >= 0.3 is 6.09 Å². The maximum absolute atomic E-state index is 12.7. The average Bonchev–Trinajstić information content (AvgIpc) is 3.10. The molecule has 0 radical (unpaired) electrons. The van der Waals surface area contributed by atoms with E-state index in [-0.39, 0.29) is 30.0 Å². The van der Waals surface area contributed by atoms with Crippen molar-refractivity contribution in [2.24, 2.45) is 0 Å². The number of phenolic OH excluding ortho intramolecular Hbond substituents is 1. The molecule has 4 aromatic rings. The number of anilines is 3. The summed E-state index contributed by atoms with van der Waals surface area (Å²) in [6.45, 7) is 2.87. The van der Waals surface area contributed by atoms with Crippen molar-refractivity contribution in [1.29, 1.82) is 0 Å². The van der Waals surface area contributed by atoms with E-state index in [4.69, 9.17) is 4.74 Å². The topological polar surface area (TPSA) is 152 Å². The number of carbonyl (C=O) groups excluding carboxylic acids is 3. The zero-order valence-electron chi connectivity index (χ0n) is 26.6. The van der Waals surface area contributed by atoms with Gasteiger partial charge in [0.1, 0.15) is 11.9 Å². The van der Waals surface area contributed by atoms with E-state index in [1.54, 1.807) is 6.07 Å². The maximum Gasteiger partial charge on any atom is 0.411 e. The Hall–Kier alpha value is -5.23. The molecule has 11 heteroatoms. The fourth-order valence-corrected chi connectivity index (χ4v) is 5.60. The van der Waals surface area contributed by atoms with Crippen LogP contribution in [0, 0.1) is 0 Å². The largest absolute Gasteiger partial charge is 0.506 e. The number of aromatic hydroxyl groups is 1. The molecule has 1 aliphatic heterocycles. The predicted octanol–water partition coefficient (Wildman–Crippen LogP) is 5.49. The monoisotopic (exact) mass is 651 g/mol. The molecule has 6 N–H and O–H groups in total. The number of para-hydroxylation sites is 1. The highest BCUT2D eigenvalue weighted by Crippen LogP contribution is 2.28. The highest BCUT2D eigenvalue weighted by atomic mass is 16.6. The van der Waals surface area contributed by atoms with Crippen LogP contribution in [-0.2, 0) is 20.9 Å². The Morgan fingerprint density at radius 2 is 1.62 bits per heavy atom. The molecule has 1 atom stereocenters.